The fourth-order valence-corrected chi connectivity index (χ4v) is 2.61. The van der Waals surface area contributed by atoms with Crippen LogP contribution in [0.5, 0.6) is 0 Å². The average molecular weight is 261 g/mol. The van der Waals surface area contributed by atoms with Gasteiger partial charge < -0.3 is 10.3 Å². The van der Waals surface area contributed by atoms with E-state index in [1.54, 1.807) is 6.07 Å². The number of halogens is 1. The maximum Gasteiger partial charge on any atom is 0.231 e. The molecule has 0 radical (unpaired) electrons. The minimum absolute atomic E-state index is 0.113. The van der Waals surface area contributed by atoms with E-state index in [9.17, 15) is 4.39 Å². The van der Waals surface area contributed by atoms with Crippen LogP contribution in [-0.4, -0.2) is 16.2 Å². The Morgan fingerprint density at radius 2 is 2.26 bits per heavy atom. The summed E-state index contributed by atoms with van der Waals surface area (Å²) in [6.07, 6.45) is 3.59. The summed E-state index contributed by atoms with van der Waals surface area (Å²) in [5, 5.41) is 3.96. The Labute approximate surface area is 110 Å². The quantitative estimate of drug-likeness (QED) is 0.921. The third kappa shape index (κ3) is 2.66. The first-order valence-electron chi connectivity index (χ1n) is 6.55. The monoisotopic (exact) mass is 261 g/mol. The molecule has 2 N–H and O–H groups in total. The van der Waals surface area contributed by atoms with Crippen LogP contribution in [0.2, 0.25) is 0 Å². The van der Waals surface area contributed by atoms with Gasteiger partial charge in [-0.05, 0) is 30.5 Å². The predicted octanol–water partition coefficient (Wildman–Crippen LogP) is 2.39. The zero-order valence-corrected chi connectivity index (χ0v) is 10.6. The summed E-state index contributed by atoms with van der Waals surface area (Å²) in [5.74, 6) is 1.13. The summed E-state index contributed by atoms with van der Waals surface area (Å²) in [5.41, 5.74) is 6.85. The van der Waals surface area contributed by atoms with Crippen molar-refractivity contribution in [2.24, 2.45) is 5.73 Å². The molecule has 0 aliphatic heterocycles. The van der Waals surface area contributed by atoms with Gasteiger partial charge in [0.15, 0.2) is 5.82 Å². The highest BCUT2D eigenvalue weighted by atomic mass is 19.1. The molecule has 4 nitrogen and oxygen atoms in total. The number of aromatic nitrogens is 2. The average Bonchev–Trinajstić information content (AvgIpc) is 2.98. The van der Waals surface area contributed by atoms with E-state index in [2.05, 4.69) is 10.1 Å². The van der Waals surface area contributed by atoms with E-state index in [0.29, 0.717) is 18.1 Å². The van der Waals surface area contributed by atoms with Gasteiger partial charge in [-0.15, -0.1) is 0 Å². The molecule has 19 heavy (non-hydrogen) atoms. The molecule has 2 aromatic rings. The second kappa shape index (κ2) is 5.09. The number of benzene rings is 1. The molecule has 0 amide bonds. The molecule has 0 saturated heterocycles. The standard InChI is InChI=1S/C14H16FN3O/c15-10-4-1-3-9(7-10)8-13-17-14(19-18-13)11-5-2-6-12(11)16/h1,3-4,7,11-12H,2,5-6,8,16H2. The van der Waals surface area contributed by atoms with Crippen LogP contribution in [0, 0.1) is 5.82 Å². The molecule has 2 atom stereocenters. The van der Waals surface area contributed by atoms with Gasteiger partial charge in [0.1, 0.15) is 5.82 Å². The van der Waals surface area contributed by atoms with E-state index in [-0.39, 0.29) is 17.8 Å². The van der Waals surface area contributed by atoms with E-state index in [4.69, 9.17) is 10.3 Å². The summed E-state index contributed by atoms with van der Waals surface area (Å²) in [4.78, 5) is 4.39. The van der Waals surface area contributed by atoms with Crippen LogP contribution in [0.15, 0.2) is 28.8 Å². The Hall–Kier alpha value is -1.75. The Morgan fingerprint density at radius 3 is 3.00 bits per heavy atom. The first kappa shape index (κ1) is 12.3. The van der Waals surface area contributed by atoms with E-state index in [1.807, 2.05) is 6.07 Å². The second-order valence-electron chi connectivity index (χ2n) is 5.06. The highest BCUT2D eigenvalue weighted by Gasteiger charge is 2.30. The molecule has 1 aromatic heterocycles. The lowest BCUT2D eigenvalue weighted by atomic mass is 10.1. The molecular formula is C14H16FN3O. The first-order valence-corrected chi connectivity index (χ1v) is 6.55. The van der Waals surface area contributed by atoms with Crippen molar-refractivity contribution >= 4 is 0 Å². The minimum Gasteiger partial charge on any atom is -0.339 e. The zero-order chi connectivity index (χ0) is 13.2. The van der Waals surface area contributed by atoms with Crippen molar-refractivity contribution in [3.63, 3.8) is 0 Å². The van der Waals surface area contributed by atoms with Crippen LogP contribution in [0.25, 0.3) is 0 Å². The van der Waals surface area contributed by atoms with Crippen molar-refractivity contribution in [3.05, 3.63) is 47.4 Å². The van der Waals surface area contributed by atoms with Crippen molar-refractivity contribution in [3.8, 4) is 0 Å². The molecule has 3 rings (SSSR count). The fourth-order valence-electron chi connectivity index (χ4n) is 2.61. The molecule has 1 heterocycles. The number of hydrogen-bond donors (Lipinski definition) is 1. The molecule has 1 aliphatic carbocycles. The Morgan fingerprint density at radius 1 is 1.37 bits per heavy atom. The van der Waals surface area contributed by atoms with Crippen molar-refractivity contribution in [1.29, 1.82) is 0 Å². The van der Waals surface area contributed by atoms with Gasteiger partial charge in [-0.2, -0.15) is 4.98 Å². The fraction of sp³-hybridized carbons (Fsp3) is 0.429. The van der Waals surface area contributed by atoms with E-state index in [1.165, 1.54) is 12.1 Å². The van der Waals surface area contributed by atoms with Crippen molar-refractivity contribution < 1.29 is 8.91 Å². The van der Waals surface area contributed by atoms with Crippen molar-refractivity contribution in [2.45, 2.75) is 37.6 Å². The summed E-state index contributed by atoms with van der Waals surface area (Å²) in [6, 6.07) is 6.54. The summed E-state index contributed by atoms with van der Waals surface area (Å²) in [7, 11) is 0. The smallest absolute Gasteiger partial charge is 0.231 e. The number of rotatable bonds is 3. The van der Waals surface area contributed by atoms with Gasteiger partial charge in [0.25, 0.3) is 0 Å². The molecule has 1 aromatic carbocycles. The normalized spacial score (nSPS) is 22.8. The topological polar surface area (TPSA) is 64.9 Å². The third-order valence-electron chi connectivity index (χ3n) is 3.62. The van der Waals surface area contributed by atoms with Crippen molar-refractivity contribution in [2.75, 3.05) is 0 Å². The summed E-state index contributed by atoms with van der Waals surface area (Å²) >= 11 is 0. The number of nitrogens with zero attached hydrogens (tertiary/aromatic N) is 2. The maximum atomic E-state index is 13.1. The van der Waals surface area contributed by atoms with E-state index >= 15 is 0 Å². The van der Waals surface area contributed by atoms with Crippen molar-refractivity contribution in [1.82, 2.24) is 10.1 Å². The Bertz CT molecular complexity index is 569. The molecule has 100 valence electrons. The van der Waals surface area contributed by atoms with Gasteiger partial charge >= 0.3 is 0 Å². The van der Waals surface area contributed by atoms with Gasteiger partial charge in [-0.1, -0.05) is 23.7 Å². The molecule has 0 bridgehead atoms. The minimum atomic E-state index is -0.251. The maximum absolute atomic E-state index is 13.1. The third-order valence-corrected chi connectivity index (χ3v) is 3.62. The number of hydrogen-bond acceptors (Lipinski definition) is 4. The number of nitrogens with two attached hydrogens (primary N) is 1. The van der Waals surface area contributed by atoms with Crippen LogP contribution in [0.1, 0.15) is 42.5 Å². The zero-order valence-electron chi connectivity index (χ0n) is 10.6. The van der Waals surface area contributed by atoms with Crippen LogP contribution in [0.4, 0.5) is 4.39 Å². The van der Waals surface area contributed by atoms with Crippen LogP contribution in [-0.2, 0) is 6.42 Å². The summed E-state index contributed by atoms with van der Waals surface area (Å²) < 4.78 is 18.4. The predicted molar refractivity (Wildman–Crippen MR) is 68.1 cm³/mol. The van der Waals surface area contributed by atoms with E-state index < -0.39 is 0 Å². The molecule has 0 spiro atoms. The van der Waals surface area contributed by atoms with E-state index in [0.717, 1.165) is 24.8 Å². The summed E-state index contributed by atoms with van der Waals surface area (Å²) in [6.45, 7) is 0. The van der Waals surface area contributed by atoms with Gasteiger partial charge in [0, 0.05) is 12.5 Å². The van der Waals surface area contributed by atoms with Gasteiger partial charge in [-0.25, -0.2) is 4.39 Å². The Balaban J connectivity index is 1.74. The second-order valence-corrected chi connectivity index (χ2v) is 5.06. The Kier molecular flexibility index (Phi) is 3.29. The molecule has 1 aliphatic rings. The highest BCUT2D eigenvalue weighted by Crippen LogP contribution is 2.32. The SMILES string of the molecule is NC1CCCC1c1nc(Cc2cccc(F)c2)no1. The molecule has 1 saturated carbocycles. The van der Waals surface area contributed by atoms with Crippen LogP contribution < -0.4 is 5.73 Å². The first-order chi connectivity index (χ1) is 9.22. The lowest BCUT2D eigenvalue weighted by molar-refractivity contribution is 0.342. The highest BCUT2D eigenvalue weighted by molar-refractivity contribution is 5.20. The van der Waals surface area contributed by atoms with Crippen LogP contribution in [0.3, 0.4) is 0 Å². The lowest BCUT2D eigenvalue weighted by Gasteiger charge is -2.08. The largest absolute Gasteiger partial charge is 0.339 e. The van der Waals surface area contributed by atoms with Gasteiger partial charge in [0.05, 0.1) is 5.92 Å². The van der Waals surface area contributed by atoms with Gasteiger partial charge in [0.2, 0.25) is 5.89 Å². The van der Waals surface area contributed by atoms with Gasteiger partial charge in [-0.3, -0.25) is 0 Å². The molecular weight excluding hydrogens is 245 g/mol. The molecule has 1 fully saturated rings. The molecule has 5 heteroatoms. The van der Waals surface area contributed by atoms with Crippen LogP contribution >= 0.6 is 0 Å². The molecule has 2 unspecified atom stereocenters. The lowest BCUT2D eigenvalue weighted by Crippen LogP contribution is -2.22.